The van der Waals surface area contributed by atoms with Crippen molar-refractivity contribution in [1.29, 1.82) is 0 Å². The standard InChI is InChI=1S/C14H18ClN5/c1-3-8-16-13-18-12(15)19-14(20-13)17-9-11-6-4-10(2)5-7-11/h4-7H,3,8-9H2,1-2H3,(H2,16,17,18,19,20). The molecule has 0 aliphatic carbocycles. The molecule has 1 aromatic carbocycles. The van der Waals surface area contributed by atoms with Crippen LogP contribution < -0.4 is 10.6 Å². The maximum absolute atomic E-state index is 5.89. The van der Waals surface area contributed by atoms with E-state index in [1.54, 1.807) is 0 Å². The third-order valence-corrected chi connectivity index (χ3v) is 2.88. The van der Waals surface area contributed by atoms with Crippen LogP contribution in [0.4, 0.5) is 11.9 Å². The van der Waals surface area contributed by atoms with E-state index in [9.17, 15) is 0 Å². The molecule has 2 aromatic rings. The lowest BCUT2D eigenvalue weighted by Crippen LogP contribution is -2.09. The molecule has 0 bridgehead atoms. The van der Waals surface area contributed by atoms with Crippen LogP contribution in [0.2, 0.25) is 5.28 Å². The van der Waals surface area contributed by atoms with Crippen molar-refractivity contribution < 1.29 is 0 Å². The summed E-state index contributed by atoms with van der Waals surface area (Å²) in [6.45, 7) is 5.59. The van der Waals surface area contributed by atoms with Crippen molar-refractivity contribution in [3.05, 3.63) is 40.7 Å². The lowest BCUT2D eigenvalue weighted by Gasteiger charge is -2.08. The van der Waals surface area contributed by atoms with Crippen LogP contribution in [0.25, 0.3) is 0 Å². The van der Waals surface area contributed by atoms with Crippen LogP contribution >= 0.6 is 11.6 Å². The van der Waals surface area contributed by atoms with Crippen LogP contribution in [0, 0.1) is 6.92 Å². The van der Waals surface area contributed by atoms with E-state index in [0.29, 0.717) is 18.4 Å². The highest BCUT2D eigenvalue weighted by Gasteiger charge is 2.04. The smallest absolute Gasteiger partial charge is 0.229 e. The van der Waals surface area contributed by atoms with Crippen molar-refractivity contribution in [1.82, 2.24) is 15.0 Å². The Labute approximate surface area is 123 Å². The van der Waals surface area contributed by atoms with E-state index in [4.69, 9.17) is 11.6 Å². The molecule has 5 nitrogen and oxygen atoms in total. The third kappa shape index (κ3) is 4.35. The summed E-state index contributed by atoms with van der Waals surface area (Å²) < 4.78 is 0. The molecule has 106 valence electrons. The topological polar surface area (TPSA) is 62.7 Å². The summed E-state index contributed by atoms with van der Waals surface area (Å²) in [7, 11) is 0. The largest absolute Gasteiger partial charge is 0.354 e. The summed E-state index contributed by atoms with van der Waals surface area (Å²) >= 11 is 5.89. The van der Waals surface area contributed by atoms with Crippen molar-refractivity contribution in [3.8, 4) is 0 Å². The minimum absolute atomic E-state index is 0.185. The Bertz CT molecular complexity index is 556. The van der Waals surface area contributed by atoms with Gasteiger partial charge in [-0.2, -0.15) is 15.0 Å². The quantitative estimate of drug-likeness (QED) is 0.855. The van der Waals surface area contributed by atoms with E-state index in [1.807, 2.05) is 0 Å². The minimum Gasteiger partial charge on any atom is -0.354 e. The Morgan fingerprint density at radius 3 is 2.30 bits per heavy atom. The first-order chi connectivity index (χ1) is 9.67. The molecule has 20 heavy (non-hydrogen) atoms. The summed E-state index contributed by atoms with van der Waals surface area (Å²) in [5.41, 5.74) is 2.40. The fourth-order valence-electron chi connectivity index (χ4n) is 1.63. The number of nitrogens with one attached hydrogen (secondary N) is 2. The zero-order chi connectivity index (χ0) is 14.4. The molecule has 1 heterocycles. The van der Waals surface area contributed by atoms with Gasteiger partial charge in [-0.3, -0.25) is 0 Å². The van der Waals surface area contributed by atoms with Crippen LogP contribution in [-0.4, -0.2) is 21.5 Å². The van der Waals surface area contributed by atoms with Crippen LogP contribution in [0.3, 0.4) is 0 Å². The molecule has 0 atom stereocenters. The zero-order valence-electron chi connectivity index (χ0n) is 11.7. The summed E-state index contributed by atoms with van der Waals surface area (Å²) in [4.78, 5) is 12.4. The van der Waals surface area contributed by atoms with E-state index in [2.05, 4.69) is 63.7 Å². The number of rotatable bonds is 6. The fourth-order valence-corrected chi connectivity index (χ4v) is 1.79. The lowest BCUT2D eigenvalue weighted by molar-refractivity contribution is 0.932. The number of aromatic nitrogens is 3. The summed E-state index contributed by atoms with van der Waals surface area (Å²) in [6.07, 6.45) is 0.995. The van der Waals surface area contributed by atoms with E-state index in [-0.39, 0.29) is 5.28 Å². The average molecular weight is 292 g/mol. The van der Waals surface area contributed by atoms with E-state index in [0.717, 1.165) is 18.5 Å². The number of aryl methyl sites for hydroxylation is 1. The second kappa shape index (κ2) is 7.05. The predicted molar refractivity (Wildman–Crippen MR) is 82.1 cm³/mol. The molecular weight excluding hydrogens is 274 g/mol. The molecule has 0 spiro atoms. The third-order valence-electron chi connectivity index (χ3n) is 2.71. The van der Waals surface area contributed by atoms with Gasteiger partial charge >= 0.3 is 0 Å². The monoisotopic (exact) mass is 291 g/mol. The first kappa shape index (κ1) is 14.5. The molecule has 1 aromatic heterocycles. The van der Waals surface area contributed by atoms with Gasteiger partial charge in [0.15, 0.2) is 0 Å². The Morgan fingerprint density at radius 1 is 1.00 bits per heavy atom. The van der Waals surface area contributed by atoms with E-state index >= 15 is 0 Å². The van der Waals surface area contributed by atoms with E-state index < -0.39 is 0 Å². The molecule has 2 rings (SSSR count). The molecule has 0 saturated heterocycles. The number of nitrogens with zero attached hydrogens (tertiary/aromatic N) is 3. The molecule has 0 aliphatic rings. The van der Waals surface area contributed by atoms with Gasteiger partial charge in [0.2, 0.25) is 17.2 Å². The Morgan fingerprint density at radius 2 is 1.65 bits per heavy atom. The normalized spacial score (nSPS) is 10.3. The van der Waals surface area contributed by atoms with Crippen molar-refractivity contribution in [2.24, 2.45) is 0 Å². The Kier molecular flexibility index (Phi) is 5.12. The molecule has 0 unspecified atom stereocenters. The van der Waals surface area contributed by atoms with E-state index in [1.165, 1.54) is 5.56 Å². The molecule has 0 fully saturated rings. The second-order valence-electron chi connectivity index (χ2n) is 4.52. The Balaban J connectivity index is 2.01. The zero-order valence-corrected chi connectivity index (χ0v) is 12.4. The van der Waals surface area contributed by atoms with Crippen LogP contribution in [0.5, 0.6) is 0 Å². The van der Waals surface area contributed by atoms with Crippen molar-refractivity contribution >= 4 is 23.5 Å². The molecule has 0 aliphatic heterocycles. The van der Waals surface area contributed by atoms with Crippen molar-refractivity contribution in [3.63, 3.8) is 0 Å². The van der Waals surface area contributed by atoms with Gasteiger partial charge in [-0.05, 0) is 30.5 Å². The van der Waals surface area contributed by atoms with Gasteiger partial charge in [0.25, 0.3) is 0 Å². The van der Waals surface area contributed by atoms with Gasteiger partial charge in [0.1, 0.15) is 0 Å². The average Bonchev–Trinajstić information content (AvgIpc) is 2.44. The van der Waals surface area contributed by atoms with Gasteiger partial charge in [-0.1, -0.05) is 36.8 Å². The summed E-state index contributed by atoms with van der Waals surface area (Å²) in [5.74, 6) is 0.974. The molecule has 6 heteroatoms. The molecule has 0 saturated carbocycles. The highest BCUT2D eigenvalue weighted by atomic mass is 35.5. The van der Waals surface area contributed by atoms with Crippen molar-refractivity contribution in [2.45, 2.75) is 26.8 Å². The summed E-state index contributed by atoms with van der Waals surface area (Å²) in [5, 5.41) is 6.43. The molecule has 0 radical (unpaired) electrons. The highest BCUT2D eigenvalue weighted by molar-refractivity contribution is 6.28. The SMILES string of the molecule is CCCNc1nc(Cl)nc(NCc2ccc(C)cc2)n1. The van der Waals surface area contributed by atoms with Crippen LogP contribution in [-0.2, 0) is 6.54 Å². The number of benzene rings is 1. The number of hydrogen-bond donors (Lipinski definition) is 2. The number of halogens is 1. The van der Waals surface area contributed by atoms with Gasteiger partial charge < -0.3 is 10.6 Å². The molecule has 0 amide bonds. The maximum atomic E-state index is 5.89. The van der Waals surface area contributed by atoms with Crippen LogP contribution in [0.15, 0.2) is 24.3 Å². The first-order valence-electron chi connectivity index (χ1n) is 6.62. The number of hydrogen-bond acceptors (Lipinski definition) is 5. The van der Waals surface area contributed by atoms with Gasteiger partial charge in [0, 0.05) is 13.1 Å². The van der Waals surface area contributed by atoms with Crippen LogP contribution in [0.1, 0.15) is 24.5 Å². The minimum atomic E-state index is 0.185. The highest BCUT2D eigenvalue weighted by Crippen LogP contribution is 2.11. The number of anilines is 2. The van der Waals surface area contributed by atoms with Gasteiger partial charge in [0.05, 0.1) is 0 Å². The first-order valence-corrected chi connectivity index (χ1v) is 7.00. The predicted octanol–water partition coefficient (Wildman–Crippen LogP) is 3.27. The molecule has 2 N–H and O–H groups in total. The summed E-state index contributed by atoms with van der Waals surface area (Å²) in [6, 6.07) is 8.29. The van der Waals surface area contributed by atoms with Gasteiger partial charge in [-0.15, -0.1) is 0 Å². The second-order valence-corrected chi connectivity index (χ2v) is 4.86. The van der Waals surface area contributed by atoms with Crippen molar-refractivity contribution in [2.75, 3.05) is 17.2 Å². The Hall–Kier alpha value is -1.88. The van der Waals surface area contributed by atoms with Gasteiger partial charge in [-0.25, -0.2) is 0 Å². The lowest BCUT2D eigenvalue weighted by atomic mass is 10.1. The fraction of sp³-hybridized carbons (Fsp3) is 0.357. The maximum Gasteiger partial charge on any atom is 0.229 e. The molecular formula is C14H18ClN5.